The summed E-state index contributed by atoms with van der Waals surface area (Å²) in [6.45, 7) is 4.49. The van der Waals surface area contributed by atoms with Crippen LogP contribution in [0.3, 0.4) is 0 Å². The maximum atomic E-state index is 13.7. The molecule has 6 nitrogen and oxygen atoms in total. The van der Waals surface area contributed by atoms with Crippen LogP contribution in [-0.2, 0) is 4.79 Å². The molecule has 3 amide bonds. The van der Waals surface area contributed by atoms with E-state index in [0.29, 0.717) is 13.0 Å². The van der Waals surface area contributed by atoms with Gasteiger partial charge in [0.2, 0.25) is 5.91 Å². The average molecular weight is 371 g/mol. The highest BCUT2D eigenvalue weighted by Crippen LogP contribution is 2.24. The van der Waals surface area contributed by atoms with Crippen molar-refractivity contribution in [1.29, 1.82) is 0 Å². The molecule has 2 N–H and O–H groups in total. The molecule has 1 aliphatic heterocycles. The van der Waals surface area contributed by atoms with E-state index in [1.807, 2.05) is 32.0 Å². The summed E-state index contributed by atoms with van der Waals surface area (Å²) < 4.78 is 18.6. The molecule has 0 bridgehead atoms. The quantitative estimate of drug-likeness (QED) is 0.866. The Morgan fingerprint density at radius 2 is 1.89 bits per heavy atom. The summed E-state index contributed by atoms with van der Waals surface area (Å²) in [5, 5.41) is 5.20. The van der Waals surface area contributed by atoms with Crippen LogP contribution in [0.5, 0.6) is 5.75 Å². The third-order valence-corrected chi connectivity index (χ3v) is 4.44. The van der Waals surface area contributed by atoms with Crippen molar-refractivity contribution in [3.05, 3.63) is 53.3 Å². The molecule has 0 aliphatic carbocycles. The van der Waals surface area contributed by atoms with Crippen molar-refractivity contribution < 1.29 is 18.7 Å². The van der Waals surface area contributed by atoms with Gasteiger partial charge in [0, 0.05) is 24.0 Å². The summed E-state index contributed by atoms with van der Waals surface area (Å²) >= 11 is 0. The van der Waals surface area contributed by atoms with Gasteiger partial charge in [-0.15, -0.1) is 0 Å². The van der Waals surface area contributed by atoms with Crippen molar-refractivity contribution in [3.63, 3.8) is 0 Å². The summed E-state index contributed by atoms with van der Waals surface area (Å²) in [7, 11) is 1.37. The molecule has 1 heterocycles. The third-order valence-electron chi connectivity index (χ3n) is 4.44. The van der Waals surface area contributed by atoms with Gasteiger partial charge < -0.3 is 20.3 Å². The molecule has 1 saturated heterocycles. The Bertz CT molecular complexity index is 865. The standard InChI is InChI=1S/C20H22FN3O3/c1-12-8-13(2)10-15(9-12)24-7-6-17(19(24)25)23-20(26)22-14-4-5-18(27-3)16(21)11-14/h4-5,8-11,17H,6-7H2,1-3H3,(H2,22,23,26)/t17-/m1/s1. The first-order valence-electron chi connectivity index (χ1n) is 8.68. The minimum Gasteiger partial charge on any atom is -0.494 e. The van der Waals surface area contributed by atoms with Crippen LogP contribution in [0.15, 0.2) is 36.4 Å². The summed E-state index contributed by atoms with van der Waals surface area (Å²) in [6, 6.07) is 8.89. The number of amides is 3. The topological polar surface area (TPSA) is 70.7 Å². The van der Waals surface area contributed by atoms with Gasteiger partial charge in [-0.05, 0) is 55.7 Å². The molecule has 7 heteroatoms. The number of anilines is 2. The largest absolute Gasteiger partial charge is 0.494 e. The van der Waals surface area contributed by atoms with E-state index in [1.54, 1.807) is 4.90 Å². The van der Waals surface area contributed by atoms with E-state index in [2.05, 4.69) is 10.6 Å². The fraction of sp³-hybridized carbons (Fsp3) is 0.300. The van der Waals surface area contributed by atoms with Gasteiger partial charge in [0.25, 0.3) is 0 Å². The van der Waals surface area contributed by atoms with E-state index < -0.39 is 17.9 Å². The fourth-order valence-electron chi connectivity index (χ4n) is 3.25. The molecule has 27 heavy (non-hydrogen) atoms. The van der Waals surface area contributed by atoms with Crippen molar-refractivity contribution in [2.75, 3.05) is 23.9 Å². The number of hydrogen-bond donors (Lipinski definition) is 2. The lowest BCUT2D eigenvalue weighted by Crippen LogP contribution is -2.43. The molecular formula is C20H22FN3O3. The van der Waals surface area contributed by atoms with E-state index in [9.17, 15) is 14.0 Å². The first kappa shape index (κ1) is 18.7. The van der Waals surface area contributed by atoms with E-state index >= 15 is 0 Å². The first-order chi connectivity index (χ1) is 12.9. The number of rotatable bonds is 4. The van der Waals surface area contributed by atoms with Crippen LogP contribution in [0.4, 0.5) is 20.6 Å². The maximum Gasteiger partial charge on any atom is 0.319 e. The van der Waals surface area contributed by atoms with E-state index in [-0.39, 0.29) is 17.3 Å². The molecule has 0 aromatic heterocycles. The number of halogens is 1. The summed E-state index contributed by atoms with van der Waals surface area (Å²) in [6.07, 6.45) is 0.510. The van der Waals surface area contributed by atoms with E-state index in [0.717, 1.165) is 22.9 Å². The second-order valence-electron chi connectivity index (χ2n) is 6.62. The maximum absolute atomic E-state index is 13.7. The number of nitrogens with one attached hydrogen (secondary N) is 2. The van der Waals surface area contributed by atoms with Gasteiger partial charge in [0.1, 0.15) is 6.04 Å². The van der Waals surface area contributed by atoms with Gasteiger partial charge in [-0.1, -0.05) is 6.07 Å². The summed E-state index contributed by atoms with van der Waals surface area (Å²) in [5.41, 5.74) is 3.27. The van der Waals surface area contributed by atoms with Crippen LogP contribution in [-0.4, -0.2) is 31.6 Å². The molecule has 0 radical (unpaired) electrons. The predicted octanol–water partition coefficient (Wildman–Crippen LogP) is 3.38. The normalized spacial score (nSPS) is 16.4. The smallest absolute Gasteiger partial charge is 0.319 e. The van der Waals surface area contributed by atoms with Gasteiger partial charge in [0.05, 0.1) is 7.11 Å². The number of methoxy groups -OCH3 is 1. The van der Waals surface area contributed by atoms with E-state index in [1.165, 1.54) is 19.2 Å². The predicted molar refractivity (Wildman–Crippen MR) is 102 cm³/mol. The van der Waals surface area contributed by atoms with Crippen molar-refractivity contribution in [1.82, 2.24) is 5.32 Å². The highest BCUT2D eigenvalue weighted by Gasteiger charge is 2.33. The lowest BCUT2D eigenvalue weighted by atomic mass is 10.1. The molecule has 0 spiro atoms. The molecule has 0 unspecified atom stereocenters. The minimum atomic E-state index is -0.617. The molecule has 2 aromatic rings. The summed E-state index contributed by atoms with van der Waals surface area (Å²) in [5.74, 6) is -0.639. The number of carbonyl (C=O) groups is 2. The second-order valence-corrected chi connectivity index (χ2v) is 6.62. The number of hydrogen-bond acceptors (Lipinski definition) is 3. The lowest BCUT2D eigenvalue weighted by molar-refractivity contribution is -0.118. The van der Waals surface area contributed by atoms with Crippen LogP contribution >= 0.6 is 0 Å². The molecule has 3 rings (SSSR count). The number of urea groups is 1. The van der Waals surface area contributed by atoms with Crippen LogP contribution in [0, 0.1) is 19.7 Å². The zero-order valence-corrected chi connectivity index (χ0v) is 15.5. The number of carbonyl (C=O) groups excluding carboxylic acids is 2. The monoisotopic (exact) mass is 371 g/mol. The number of ether oxygens (including phenoxy) is 1. The van der Waals surface area contributed by atoms with Crippen molar-refractivity contribution in [3.8, 4) is 5.75 Å². The van der Waals surface area contributed by atoms with Gasteiger partial charge in [-0.2, -0.15) is 0 Å². The molecule has 2 aromatic carbocycles. The van der Waals surface area contributed by atoms with Crippen LogP contribution in [0.2, 0.25) is 0 Å². The van der Waals surface area contributed by atoms with Gasteiger partial charge >= 0.3 is 6.03 Å². The van der Waals surface area contributed by atoms with Crippen molar-refractivity contribution in [2.45, 2.75) is 26.3 Å². The number of aryl methyl sites for hydroxylation is 2. The van der Waals surface area contributed by atoms with Gasteiger partial charge in [0.15, 0.2) is 11.6 Å². The second kappa shape index (κ2) is 7.65. The van der Waals surface area contributed by atoms with Crippen LogP contribution in [0.1, 0.15) is 17.5 Å². The SMILES string of the molecule is COc1ccc(NC(=O)N[C@@H]2CCN(c3cc(C)cc(C)c3)C2=O)cc1F. The highest BCUT2D eigenvalue weighted by molar-refractivity contribution is 6.02. The average Bonchev–Trinajstić information content (AvgIpc) is 2.95. The molecular weight excluding hydrogens is 349 g/mol. The Labute approximate surface area is 157 Å². The molecule has 1 aliphatic rings. The summed E-state index contributed by atoms with van der Waals surface area (Å²) in [4.78, 5) is 26.5. The third kappa shape index (κ3) is 4.19. The number of benzene rings is 2. The molecule has 1 atom stereocenters. The van der Waals surface area contributed by atoms with Crippen molar-refractivity contribution >= 4 is 23.3 Å². The van der Waals surface area contributed by atoms with Crippen LogP contribution < -0.4 is 20.3 Å². The Balaban J connectivity index is 1.63. The Morgan fingerprint density at radius 1 is 1.19 bits per heavy atom. The zero-order valence-electron chi connectivity index (χ0n) is 15.5. The number of nitrogens with zero attached hydrogens (tertiary/aromatic N) is 1. The van der Waals surface area contributed by atoms with Crippen molar-refractivity contribution in [2.24, 2.45) is 0 Å². The Kier molecular flexibility index (Phi) is 5.30. The van der Waals surface area contributed by atoms with Crippen LogP contribution in [0.25, 0.3) is 0 Å². The Hall–Kier alpha value is -3.09. The minimum absolute atomic E-state index is 0.0935. The first-order valence-corrected chi connectivity index (χ1v) is 8.68. The Morgan fingerprint density at radius 3 is 2.52 bits per heavy atom. The van der Waals surface area contributed by atoms with E-state index in [4.69, 9.17) is 4.74 Å². The lowest BCUT2D eigenvalue weighted by Gasteiger charge is -2.18. The fourth-order valence-corrected chi connectivity index (χ4v) is 3.25. The molecule has 0 saturated carbocycles. The zero-order chi connectivity index (χ0) is 19.6. The van der Waals surface area contributed by atoms with Gasteiger partial charge in [-0.25, -0.2) is 9.18 Å². The highest BCUT2D eigenvalue weighted by atomic mass is 19.1. The molecule has 142 valence electrons. The molecule has 1 fully saturated rings. The van der Waals surface area contributed by atoms with Gasteiger partial charge in [-0.3, -0.25) is 4.79 Å².